The molecule has 0 radical (unpaired) electrons. The molecule has 3 aromatic carbocycles. The minimum absolute atomic E-state index is 0.0443. The van der Waals surface area contributed by atoms with Gasteiger partial charge < -0.3 is 15.0 Å². The van der Waals surface area contributed by atoms with Gasteiger partial charge in [0.05, 0.1) is 17.7 Å². The number of hydrogen-bond donors (Lipinski definition) is 1. The average Bonchev–Trinajstić information content (AvgIpc) is 2.94. The molecule has 0 heterocycles. The Morgan fingerprint density at radius 3 is 2.11 bits per heavy atom. The van der Waals surface area contributed by atoms with Crippen LogP contribution in [0.1, 0.15) is 18.9 Å². The zero-order chi connectivity index (χ0) is 26.8. The topological polar surface area (TPSA) is 96.0 Å². The average molecular weight is 524 g/mol. The maximum absolute atomic E-state index is 13.8. The molecule has 0 aliphatic carbocycles. The number of methoxy groups -OCH3 is 1. The van der Waals surface area contributed by atoms with Crippen LogP contribution in [-0.2, 0) is 26.0 Å². The second kappa shape index (κ2) is 12.9. The van der Waals surface area contributed by atoms with Crippen molar-refractivity contribution < 1.29 is 22.7 Å². The van der Waals surface area contributed by atoms with Crippen LogP contribution < -0.4 is 14.4 Å². The number of likely N-dealkylation sites (N-methyl/N-ethyl adjacent to an activating group) is 1. The van der Waals surface area contributed by atoms with E-state index in [0.29, 0.717) is 18.6 Å². The van der Waals surface area contributed by atoms with E-state index < -0.39 is 28.5 Å². The number of carbonyl (C=O) groups excluding carboxylic acids is 2. The molecule has 0 saturated carbocycles. The summed E-state index contributed by atoms with van der Waals surface area (Å²) < 4.78 is 34.1. The fraction of sp³-hybridized carbons (Fsp3) is 0.286. The van der Waals surface area contributed by atoms with Gasteiger partial charge in [-0.2, -0.15) is 0 Å². The first-order valence-corrected chi connectivity index (χ1v) is 13.5. The molecular formula is C28H33N3O5S. The predicted molar refractivity (Wildman–Crippen MR) is 144 cm³/mol. The smallest absolute Gasteiger partial charge is 0.264 e. The van der Waals surface area contributed by atoms with Crippen LogP contribution in [0, 0.1) is 0 Å². The molecule has 0 fully saturated rings. The molecule has 0 aliphatic heterocycles. The van der Waals surface area contributed by atoms with Crippen molar-refractivity contribution in [3.63, 3.8) is 0 Å². The van der Waals surface area contributed by atoms with E-state index in [0.717, 1.165) is 9.87 Å². The molecule has 0 saturated heterocycles. The van der Waals surface area contributed by atoms with Gasteiger partial charge in [-0.15, -0.1) is 0 Å². The molecular weight excluding hydrogens is 490 g/mol. The Morgan fingerprint density at radius 1 is 0.919 bits per heavy atom. The van der Waals surface area contributed by atoms with Gasteiger partial charge in [0.2, 0.25) is 11.8 Å². The highest BCUT2D eigenvalue weighted by Crippen LogP contribution is 2.32. The number of nitrogens with one attached hydrogen (secondary N) is 1. The number of benzene rings is 3. The first-order chi connectivity index (χ1) is 17.8. The summed E-state index contributed by atoms with van der Waals surface area (Å²) in [6.07, 6.45) is 0.889. The standard InChI is InChI=1S/C28H33N3O5S/c1-4-24(28(33)29-2)30(20-19-22-13-7-5-8-14-22)27(32)21-31(25-17-11-12-18-26(25)36-3)37(34,35)23-15-9-6-10-16-23/h5-18,24H,4,19-21H2,1-3H3,(H,29,33)/t24-/m0/s1. The van der Waals surface area contributed by atoms with Gasteiger partial charge in [0.1, 0.15) is 18.3 Å². The van der Waals surface area contributed by atoms with E-state index in [-0.39, 0.29) is 23.0 Å². The summed E-state index contributed by atoms with van der Waals surface area (Å²) >= 11 is 0. The molecule has 37 heavy (non-hydrogen) atoms. The Bertz CT molecular complexity index is 1280. The first-order valence-electron chi connectivity index (χ1n) is 12.1. The lowest BCUT2D eigenvalue weighted by molar-refractivity contribution is -0.139. The van der Waals surface area contributed by atoms with E-state index in [2.05, 4.69) is 5.32 Å². The van der Waals surface area contributed by atoms with Crippen molar-refractivity contribution >= 4 is 27.5 Å². The van der Waals surface area contributed by atoms with E-state index in [1.807, 2.05) is 37.3 Å². The molecule has 3 aromatic rings. The van der Waals surface area contributed by atoms with Gasteiger partial charge in [-0.25, -0.2) is 8.42 Å². The third-order valence-corrected chi connectivity index (χ3v) is 7.85. The molecule has 3 rings (SSSR count). The number of amides is 2. The van der Waals surface area contributed by atoms with Crippen LogP contribution in [0.3, 0.4) is 0 Å². The zero-order valence-electron chi connectivity index (χ0n) is 21.3. The molecule has 9 heteroatoms. The summed E-state index contributed by atoms with van der Waals surface area (Å²) in [5, 5.41) is 2.62. The van der Waals surface area contributed by atoms with Gasteiger partial charge in [0.25, 0.3) is 10.0 Å². The quantitative estimate of drug-likeness (QED) is 0.392. The molecule has 0 bridgehead atoms. The van der Waals surface area contributed by atoms with Crippen molar-refractivity contribution in [2.75, 3.05) is 31.6 Å². The SMILES string of the molecule is CC[C@@H](C(=O)NC)N(CCc1ccccc1)C(=O)CN(c1ccccc1OC)S(=O)(=O)c1ccccc1. The number of ether oxygens (including phenoxy) is 1. The number of sulfonamides is 1. The summed E-state index contributed by atoms with van der Waals surface area (Å²) in [6.45, 7) is 1.57. The maximum atomic E-state index is 13.8. The Hall–Kier alpha value is -3.85. The number of nitrogens with zero attached hydrogens (tertiary/aromatic N) is 2. The molecule has 2 amide bonds. The second-order valence-corrected chi connectivity index (χ2v) is 10.2. The van der Waals surface area contributed by atoms with E-state index in [1.165, 1.54) is 31.2 Å². The van der Waals surface area contributed by atoms with Crippen molar-refractivity contribution in [3.8, 4) is 5.75 Å². The number of para-hydroxylation sites is 2. The largest absolute Gasteiger partial charge is 0.495 e. The van der Waals surface area contributed by atoms with E-state index in [9.17, 15) is 18.0 Å². The first kappa shape index (κ1) is 27.7. The number of rotatable bonds is 12. The molecule has 0 unspecified atom stereocenters. The molecule has 0 aromatic heterocycles. The fourth-order valence-electron chi connectivity index (χ4n) is 4.13. The second-order valence-electron chi connectivity index (χ2n) is 8.36. The van der Waals surface area contributed by atoms with E-state index >= 15 is 0 Å². The number of hydrogen-bond acceptors (Lipinski definition) is 5. The van der Waals surface area contributed by atoms with Gasteiger partial charge in [0.15, 0.2) is 0 Å². The minimum atomic E-state index is -4.14. The Balaban J connectivity index is 2.03. The van der Waals surface area contributed by atoms with Crippen LogP contribution in [-0.4, -0.2) is 58.4 Å². The highest BCUT2D eigenvalue weighted by molar-refractivity contribution is 7.92. The van der Waals surface area contributed by atoms with Crippen molar-refractivity contribution in [1.82, 2.24) is 10.2 Å². The van der Waals surface area contributed by atoms with Gasteiger partial charge in [0, 0.05) is 13.6 Å². The van der Waals surface area contributed by atoms with Crippen LogP contribution in [0.4, 0.5) is 5.69 Å². The third-order valence-electron chi connectivity index (χ3n) is 6.08. The predicted octanol–water partition coefficient (Wildman–Crippen LogP) is 3.49. The van der Waals surface area contributed by atoms with Gasteiger partial charge in [-0.3, -0.25) is 13.9 Å². The van der Waals surface area contributed by atoms with Gasteiger partial charge in [-0.05, 0) is 42.7 Å². The molecule has 1 atom stereocenters. The number of anilines is 1. The van der Waals surface area contributed by atoms with E-state index in [1.54, 1.807) is 42.5 Å². The van der Waals surface area contributed by atoms with Crippen LogP contribution >= 0.6 is 0 Å². The van der Waals surface area contributed by atoms with Crippen molar-refractivity contribution in [1.29, 1.82) is 0 Å². The zero-order valence-corrected chi connectivity index (χ0v) is 22.1. The molecule has 0 spiro atoms. The molecule has 8 nitrogen and oxygen atoms in total. The summed E-state index contributed by atoms with van der Waals surface area (Å²) in [5.41, 5.74) is 1.24. The molecule has 0 aliphatic rings. The summed E-state index contributed by atoms with van der Waals surface area (Å²) in [6, 6.07) is 23.4. The Labute approximate surface area is 218 Å². The van der Waals surface area contributed by atoms with Crippen LogP contribution in [0.25, 0.3) is 0 Å². The lowest BCUT2D eigenvalue weighted by atomic mass is 10.1. The molecule has 1 N–H and O–H groups in total. The highest BCUT2D eigenvalue weighted by Gasteiger charge is 2.34. The highest BCUT2D eigenvalue weighted by atomic mass is 32.2. The monoisotopic (exact) mass is 523 g/mol. The van der Waals surface area contributed by atoms with Crippen LogP contribution in [0.2, 0.25) is 0 Å². The summed E-state index contributed by atoms with van der Waals surface area (Å²) in [7, 11) is -1.17. The fourth-order valence-corrected chi connectivity index (χ4v) is 5.58. The normalized spacial score (nSPS) is 11.9. The van der Waals surface area contributed by atoms with Crippen molar-refractivity contribution in [2.45, 2.75) is 30.7 Å². The van der Waals surface area contributed by atoms with Crippen molar-refractivity contribution in [3.05, 3.63) is 90.5 Å². The lowest BCUT2D eigenvalue weighted by Gasteiger charge is -2.33. The van der Waals surface area contributed by atoms with Gasteiger partial charge in [-0.1, -0.05) is 67.6 Å². The van der Waals surface area contributed by atoms with Crippen LogP contribution in [0.5, 0.6) is 5.75 Å². The molecule has 196 valence electrons. The van der Waals surface area contributed by atoms with E-state index in [4.69, 9.17) is 4.74 Å². The van der Waals surface area contributed by atoms with Crippen molar-refractivity contribution in [2.24, 2.45) is 0 Å². The number of carbonyl (C=O) groups is 2. The summed E-state index contributed by atoms with van der Waals surface area (Å²) in [5.74, 6) is -0.487. The summed E-state index contributed by atoms with van der Waals surface area (Å²) in [4.78, 5) is 28.1. The van der Waals surface area contributed by atoms with Crippen LogP contribution in [0.15, 0.2) is 89.8 Å². The minimum Gasteiger partial charge on any atom is -0.495 e. The Kier molecular flexibility index (Phi) is 9.68. The van der Waals surface area contributed by atoms with Gasteiger partial charge >= 0.3 is 0 Å². The Morgan fingerprint density at radius 2 is 1.51 bits per heavy atom. The lowest BCUT2D eigenvalue weighted by Crippen LogP contribution is -2.52. The third kappa shape index (κ3) is 6.68. The maximum Gasteiger partial charge on any atom is 0.264 e.